The summed E-state index contributed by atoms with van der Waals surface area (Å²) in [6.07, 6.45) is 4.18. The predicted molar refractivity (Wildman–Crippen MR) is 88.6 cm³/mol. The van der Waals surface area contributed by atoms with Crippen molar-refractivity contribution in [1.82, 2.24) is 5.32 Å². The molecule has 1 aromatic rings. The van der Waals surface area contributed by atoms with Crippen molar-refractivity contribution in [2.24, 2.45) is 11.8 Å². The van der Waals surface area contributed by atoms with Crippen molar-refractivity contribution in [1.29, 1.82) is 0 Å². The van der Waals surface area contributed by atoms with Gasteiger partial charge in [0.25, 0.3) is 0 Å². The maximum atomic E-state index is 6.16. The molecule has 1 aliphatic carbocycles. The fourth-order valence-corrected chi connectivity index (χ4v) is 2.92. The molecule has 1 N–H and O–H groups in total. The second kappa shape index (κ2) is 7.33. The summed E-state index contributed by atoms with van der Waals surface area (Å²) >= 11 is 6.16. The van der Waals surface area contributed by atoms with Crippen LogP contribution in [0.2, 0.25) is 5.02 Å². The number of benzene rings is 1. The van der Waals surface area contributed by atoms with Crippen molar-refractivity contribution in [2.45, 2.75) is 39.7 Å². The topological polar surface area (TPSA) is 15.3 Å². The minimum Gasteiger partial charge on any atom is -0.374 e. The second-order valence-electron chi connectivity index (χ2n) is 6.48. The highest BCUT2D eigenvalue weighted by Crippen LogP contribution is 2.30. The molecule has 0 atom stereocenters. The van der Waals surface area contributed by atoms with Crippen LogP contribution in [-0.4, -0.2) is 20.1 Å². The van der Waals surface area contributed by atoms with Crippen LogP contribution in [-0.2, 0) is 6.54 Å². The first-order valence-corrected chi connectivity index (χ1v) is 8.14. The molecule has 0 saturated heterocycles. The van der Waals surface area contributed by atoms with Gasteiger partial charge in [-0.3, -0.25) is 0 Å². The Hall–Kier alpha value is -0.730. The third-order valence-electron chi connectivity index (χ3n) is 4.08. The van der Waals surface area contributed by atoms with Gasteiger partial charge >= 0.3 is 0 Å². The fourth-order valence-electron chi connectivity index (χ4n) is 2.72. The average Bonchev–Trinajstić information content (AvgIpc) is 2.33. The number of halogens is 1. The largest absolute Gasteiger partial charge is 0.374 e. The monoisotopic (exact) mass is 294 g/mol. The van der Waals surface area contributed by atoms with E-state index in [1.54, 1.807) is 0 Å². The minimum atomic E-state index is 0.672. The van der Waals surface area contributed by atoms with Crippen LogP contribution in [0.25, 0.3) is 0 Å². The van der Waals surface area contributed by atoms with Crippen LogP contribution in [0, 0.1) is 11.8 Å². The van der Waals surface area contributed by atoms with E-state index in [1.807, 2.05) is 6.07 Å². The molecule has 0 spiro atoms. The molecule has 3 heteroatoms. The molecule has 1 aromatic carbocycles. The Morgan fingerprint density at radius 1 is 1.35 bits per heavy atom. The smallest absolute Gasteiger partial charge is 0.0410 e. The zero-order chi connectivity index (χ0) is 14.5. The summed E-state index contributed by atoms with van der Waals surface area (Å²) in [5, 5.41) is 4.35. The van der Waals surface area contributed by atoms with Gasteiger partial charge < -0.3 is 10.2 Å². The van der Waals surface area contributed by atoms with Gasteiger partial charge in [-0.2, -0.15) is 0 Å². The molecule has 2 rings (SSSR count). The molecule has 112 valence electrons. The summed E-state index contributed by atoms with van der Waals surface area (Å²) in [5.74, 6) is 1.55. The summed E-state index contributed by atoms with van der Waals surface area (Å²) in [5.41, 5.74) is 2.62. The molecule has 0 radical (unpaired) electrons. The van der Waals surface area contributed by atoms with E-state index in [1.165, 1.54) is 37.1 Å². The van der Waals surface area contributed by atoms with Crippen LogP contribution in [0.5, 0.6) is 0 Å². The first-order chi connectivity index (χ1) is 9.56. The molecule has 2 nitrogen and oxygen atoms in total. The van der Waals surface area contributed by atoms with Gasteiger partial charge in [0.2, 0.25) is 0 Å². The minimum absolute atomic E-state index is 0.672. The lowest BCUT2D eigenvalue weighted by molar-refractivity contribution is 0.321. The first-order valence-electron chi connectivity index (χ1n) is 7.76. The molecule has 0 unspecified atom stereocenters. The SMILES string of the molecule is CC(C)CNCc1cc(Cl)ccc1N(C)CC1CCC1. The Morgan fingerprint density at radius 2 is 2.10 bits per heavy atom. The summed E-state index contributed by atoms with van der Waals surface area (Å²) < 4.78 is 0. The van der Waals surface area contributed by atoms with Crippen LogP contribution in [0.4, 0.5) is 5.69 Å². The molecule has 1 aliphatic rings. The quantitative estimate of drug-likeness (QED) is 0.805. The van der Waals surface area contributed by atoms with Gasteiger partial charge in [-0.25, -0.2) is 0 Å². The van der Waals surface area contributed by atoms with Gasteiger partial charge in [-0.15, -0.1) is 0 Å². The number of anilines is 1. The summed E-state index contributed by atoms with van der Waals surface area (Å²) in [7, 11) is 2.20. The van der Waals surface area contributed by atoms with Gasteiger partial charge in [0, 0.05) is 30.8 Å². The first kappa shape index (κ1) is 15.7. The number of nitrogens with one attached hydrogen (secondary N) is 1. The highest BCUT2D eigenvalue weighted by molar-refractivity contribution is 6.30. The second-order valence-corrected chi connectivity index (χ2v) is 6.91. The van der Waals surface area contributed by atoms with E-state index in [4.69, 9.17) is 11.6 Å². The maximum Gasteiger partial charge on any atom is 0.0410 e. The molecule has 0 aromatic heterocycles. The van der Waals surface area contributed by atoms with E-state index in [0.717, 1.165) is 24.0 Å². The Balaban J connectivity index is 2.01. The fraction of sp³-hybridized carbons (Fsp3) is 0.647. The third-order valence-corrected chi connectivity index (χ3v) is 4.31. The molecule has 0 heterocycles. The van der Waals surface area contributed by atoms with Crippen LogP contribution >= 0.6 is 11.6 Å². The third kappa shape index (κ3) is 4.39. The van der Waals surface area contributed by atoms with Gasteiger partial charge in [0.1, 0.15) is 0 Å². The van der Waals surface area contributed by atoms with Crippen molar-refractivity contribution in [3.05, 3.63) is 28.8 Å². The van der Waals surface area contributed by atoms with Gasteiger partial charge in [0.15, 0.2) is 0 Å². The highest BCUT2D eigenvalue weighted by Gasteiger charge is 2.20. The van der Waals surface area contributed by atoms with Crippen molar-refractivity contribution < 1.29 is 0 Å². The zero-order valence-electron chi connectivity index (χ0n) is 13.0. The van der Waals surface area contributed by atoms with E-state index >= 15 is 0 Å². The van der Waals surface area contributed by atoms with E-state index in [0.29, 0.717) is 5.92 Å². The van der Waals surface area contributed by atoms with E-state index in [9.17, 15) is 0 Å². The highest BCUT2D eigenvalue weighted by atomic mass is 35.5. The number of rotatable bonds is 7. The zero-order valence-corrected chi connectivity index (χ0v) is 13.7. The van der Waals surface area contributed by atoms with Crippen molar-refractivity contribution >= 4 is 17.3 Å². The molecule has 0 amide bonds. The van der Waals surface area contributed by atoms with Crippen LogP contribution in [0.1, 0.15) is 38.7 Å². The Bertz CT molecular complexity index is 427. The van der Waals surface area contributed by atoms with E-state index < -0.39 is 0 Å². The van der Waals surface area contributed by atoms with Gasteiger partial charge in [-0.1, -0.05) is 31.9 Å². The van der Waals surface area contributed by atoms with E-state index in [-0.39, 0.29) is 0 Å². The Labute approximate surface area is 128 Å². The van der Waals surface area contributed by atoms with Crippen molar-refractivity contribution in [2.75, 3.05) is 25.0 Å². The van der Waals surface area contributed by atoms with Gasteiger partial charge in [-0.05, 0) is 55.0 Å². The lowest BCUT2D eigenvalue weighted by atomic mass is 9.85. The van der Waals surface area contributed by atoms with Crippen LogP contribution in [0.15, 0.2) is 18.2 Å². The maximum absolute atomic E-state index is 6.16. The van der Waals surface area contributed by atoms with Gasteiger partial charge in [0.05, 0.1) is 0 Å². The molecule has 1 fully saturated rings. The number of hydrogen-bond donors (Lipinski definition) is 1. The van der Waals surface area contributed by atoms with Crippen LogP contribution < -0.4 is 10.2 Å². The Morgan fingerprint density at radius 3 is 2.70 bits per heavy atom. The number of nitrogens with zero attached hydrogens (tertiary/aromatic N) is 1. The summed E-state index contributed by atoms with van der Waals surface area (Å²) in [6.45, 7) is 7.56. The summed E-state index contributed by atoms with van der Waals surface area (Å²) in [4.78, 5) is 2.40. The summed E-state index contributed by atoms with van der Waals surface area (Å²) in [6, 6.07) is 6.26. The lowest BCUT2D eigenvalue weighted by Gasteiger charge is -2.32. The van der Waals surface area contributed by atoms with Crippen molar-refractivity contribution in [3.63, 3.8) is 0 Å². The van der Waals surface area contributed by atoms with Crippen LogP contribution in [0.3, 0.4) is 0 Å². The molecule has 0 aliphatic heterocycles. The van der Waals surface area contributed by atoms with Crippen molar-refractivity contribution in [3.8, 4) is 0 Å². The normalized spacial score (nSPS) is 15.4. The Kier molecular flexibility index (Phi) is 5.74. The molecule has 20 heavy (non-hydrogen) atoms. The average molecular weight is 295 g/mol. The lowest BCUT2D eigenvalue weighted by Crippen LogP contribution is -2.30. The number of hydrogen-bond acceptors (Lipinski definition) is 2. The molecule has 0 bridgehead atoms. The van der Waals surface area contributed by atoms with E-state index in [2.05, 4.69) is 43.2 Å². The molecule has 1 saturated carbocycles. The predicted octanol–water partition coefficient (Wildman–Crippen LogP) is 4.32. The molecular formula is C17H27ClN2. The molecular weight excluding hydrogens is 268 g/mol. The standard InChI is InChI=1S/C17H27ClN2/c1-13(2)10-19-11-15-9-16(18)7-8-17(15)20(3)12-14-5-4-6-14/h7-9,13-14,19H,4-6,10-12H2,1-3H3.